The van der Waals surface area contributed by atoms with Crippen LogP contribution < -0.4 is 26.9 Å². The maximum absolute atomic E-state index is 13.6. The third-order valence-corrected chi connectivity index (χ3v) is 12.0. The summed E-state index contributed by atoms with van der Waals surface area (Å²) in [7, 11) is 0. The van der Waals surface area contributed by atoms with E-state index < -0.39 is 74.6 Å². The van der Waals surface area contributed by atoms with Gasteiger partial charge in [0.15, 0.2) is 22.3 Å². The van der Waals surface area contributed by atoms with Crippen molar-refractivity contribution in [1.29, 1.82) is 0 Å². The molecule has 2 aromatic heterocycles. The Morgan fingerprint density at radius 1 is 1.18 bits per heavy atom. The number of oxime groups is 1. The van der Waals surface area contributed by atoms with E-state index in [2.05, 4.69) is 25.8 Å². The zero-order valence-electron chi connectivity index (χ0n) is 29.8. The van der Waals surface area contributed by atoms with Crippen molar-refractivity contribution in [3.05, 3.63) is 56.5 Å². The fourth-order valence-electron chi connectivity index (χ4n) is 6.80. The molecule has 5 heterocycles. The first-order chi connectivity index (χ1) is 25.9. The first-order valence-corrected chi connectivity index (χ1v) is 18.9. The lowest BCUT2D eigenvalue weighted by Crippen LogP contribution is -2.72. The van der Waals surface area contributed by atoms with Gasteiger partial charge in [0.25, 0.3) is 17.7 Å². The topological polar surface area (TPSA) is 290 Å². The molecule has 1 aromatic carbocycles. The van der Waals surface area contributed by atoms with Gasteiger partial charge < -0.3 is 55.9 Å². The number of aliphatic carboxylic acids is 2. The third-order valence-electron chi connectivity index (χ3n) is 9.88. The first-order valence-electron chi connectivity index (χ1n) is 17.1. The number of thiazole rings is 1. The van der Waals surface area contributed by atoms with Crippen LogP contribution in [0.3, 0.4) is 0 Å². The summed E-state index contributed by atoms with van der Waals surface area (Å²) in [6.07, 6.45) is 2.90. The number of quaternary nitrogens is 1. The quantitative estimate of drug-likeness (QED) is 0.0374. The van der Waals surface area contributed by atoms with Crippen LogP contribution >= 0.6 is 23.1 Å². The number of carboxylic acid groups (broad SMARTS) is 2. The minimum Gasteiger partial charge on any atom is -0.543 e. The van der Waals surface area contributed by atoms with Crippen LogP contribution in [-0.4, -0.2) is 125 Å². The van der Waals surface area contributed by atoms with Gasteiger partial charge in [-0.2, -0.15) is 0 Å². The Bertz CT molecular complexity index is 2230. The van der Waals surface area contributed by atoms with Crippen LogP contribution in [0.25, 0.3) is 10.9 Å². The number of carbonyl (C=O) groups excluding carboxylic acids is 4. The van der Waals surface area contributed by atoms with Gasteiger partial charge in [0.2, 0.25) is 11.0 Å². The van der Waals surface area contributed by atoms with Gasteiger partial charge in [0.05, 0.1) is 48.7 Å². The minimum atomic E-state index is -1.81. The molecule has 292 valence electrons. The molecule has 0 bridgehead atoms. The molecule has 2 saturated heterocycles. The number of likely N-dealkylation sites (tertiary alicyclic amines) is 1. The highest BCUT2D eigenvalue weighted by Gasteiger charge is 2.55. The Hall–Kier alpha value is -5.67. The number of aromatic hydroxyl groups is 2. The molecule has 3 aromatic rings. The number of nitrogens with two attached hydrogens (primary N) is 1. The number of hydrogen-bond donors (Lipinski definition) is 7. The van der Waals surface area contributed by atoms with Crippen molar-refractivity contribution in [2.24, 2.45) is 5.16 Å². The van der Waals surface area contributed by atoms with E-state index in [1.807, 2.05) is 0 Å². The number of aromatic nitrogens is 2. The van der Waals surface area contributed by atoms with Gasteiger partial charge in [-0.1, -0.05) is 5.16 Å². The molecule has 0 aliphatic carbocycles. The van der Waals surface area contributed by atoms with E-state index in [4.69, 9.17) is 10.6 Å². The summed E-state index contributed by atoms with van der Waals surface area (Å²) >= 11 is 2.27. The molecule has 0 unspecified atom stereocenters. The highest BCUT2D eigenvalue weighted by Crippen LogP contribution is 2.45. The van der Waals surface area contributed by atoms with E-state index in [1.165, 1.54) is 43.3 Å². The number of H-pyrrole nitrogens is 1. The molecule has 3 amide bonds. The number of nitrogen functional groups attached to an aromatic ring is 1. The molecule has 0 spiro atoms. The summed E-state index contributed by atoms with van der Waals surface area (Å²) in [4.78, 5) is 90.6. The normalized spacial score (nSPS) is 20.9. The van der Waals surface area contributed by atoms with E-state index in [1.54, 1.807) is 6.92 Å². The van der Waals surface area contributed by atoms with E-state index in [9.17, 15) is 49.2 Å². The fraction of sp³-hybridized carbons (Fsp3) is 0.412. The van der Waals surface area contributed by atoms with Crippen molar-refractivity contribution in [2.45, 2.75) is 55.9 Å². The zero-order valence-corrected chi connectivity index (χ0v) is 31.4. The van der Waals surface area contributed by atoms with Crippen LogP contribution in [0.2, 0.25) is 0 Å². The second-order valence-corrected chi connectivity index (χ2v) is 16.3. The summed E-state index contributed by atoms with van der Waals surface area (Å²) in [5.74, 6) is -6.13. The fourth-order valence-corrected chi connectivity index (χ4v) is 8.79. The zero-order chi connectivity index (χ0) is 40.0. The number of anilines is 1. The molecule has 3 atom stereocenters. The Morgan fingerprint density at radius 3 is 2.51 bits per heavy atom. The number of thioether (sulfide) groups is 1. The van der Waals surface area contributed by atoms with Gasteiger partial charge in [-0.25, -0.2) is 9.78 Å². The van der Waals surface area contributed by atoms with Crippen molar-refractivity contribution in [1.82, 2.24) is 25.5 Å². The monoisotopic (exact) mass is 798 g/mol. The number of nitrogens with zero attached hydrogens (tertiary/aromatic N) is 4. The highest BCUT2D eigenvalue weighted by atomic mass is 32.2. The van der Waals surface area contributed by atoms with E-state index in [-0.39, 0.29) is 46.1 Å². The number of benzene rings is 1. The predicted octanol–water partition coefficient (Wildman–Crippen LogP) is -0.605. The van der Waals surface area contributed by atoms with Crippen LogP contribution in [0.1, 0.15) is 49.7 Å². The number of phenols is 2. The van der Waals surface area contributed by atoms with Crippen molar-refractivity contribution in [3.63, 3.8) is 0 Å². The van der Waals surface area contributed by atoms with Gasteiger partial charge in [-0.3, -0.25) is 24.1 Å². The number of hydrogen-bond acceptors (Lipinski definition) is 15. The van der Waals surface area contributed by atoms with E-state index >= 15 is 0 Å². The van der Waals surface area contributed by atoms with E-state index in [0.29, 0.717) is 29.7 Å². The summed E-state index contributed by atoms with van der Waals surface area (Å²) in [5.41, 5.74) is 3.04. The lowest BCUT2D eigenvalue weighted by molar-refractivity contribution is -0.911. The van der Waals surface area contributed by atoms with Gasteiger partial charge in [-0.15, -0.1) is 23.1 Å². The molecular formula is C34H38N8O11S2. The number of rotatable bonds is 13. The number of nitrogens with one attached hydrogen (secondary N) is 3. The summed E-state index contributed by atoms with van der Waals surface area (Å²) in [6.45, 7) is 6.33. The second kappa shape index (κ2) is 14.9. The molecule has 2 fully saturated rings. The van der Waals surface area contributed by atoms with Crippen LogP contribution in [0.5, 0.6) is 11.5 Å². The van der Waals surface area contributed by atoms with Crippen molar-refractivity contribution < 1.29 is 53.7 Å². The third kappa shape index (κ3) is 7.54. The van der Waals surface area contributed by atoms with Crippen molar-refractivity contribution in [3.8, 4) is 11.5 Å². The smallest absolute Gasteiger partial charge is 0.350 e. The molecule has 55 heavy (non-hydrogen) atoms. The number of carbonyl (C=O) groups is 5. The average molecular weight is 799 g/mol. The Balaban J connectivity index is 1.18. The maximum Gasteiger partial charge on any atom is 0.350 e. The van der Waals surface area contributed by atoms with Crippen molar-refractivity contribution >= 4 is 74.5 Å². The summed E-state index contributed by atoms with van der Waals surface area (Å²) < 4.78 is 0.397. The van der Waals surface area contributed by atoms with Gasteiger partial charge in [0.1, 0.15) is 29.2 Å². The number of carboxylic acids is 2. The van der Waals surface area contributed by atoms with Crippen LogP contribution in [0.15, 0.2) is 44.9 Å². The van der Waals surface area contributed by atoms with Gasteiger partial charge in [0, 0.05) is 41.3 Å². The number of pyridine rings is 1. The van der Waals surface area contributed by atoms with Crippen LogP contribution in [0, 0.1) is 0 Å². The Kier molecular flexibility index (Phi) is 10.6. The van der Waals surface area contributed by atoms with Crippen LogP contribution in [0.4, 0.5) is 5.13 Å². The standard InChI is InChI=1S/C34H38N8O11S2/c1-15-18(13-42(7-4-5-8-42)9-6-36-27(46)17-12-37-19-11-22(44)21(43)10-16(19)26(17)45)25(31(49)50)41-29(48)24(30(41)55-15)39-28(47)23(20-14-54-33(35)38-20)40-53-34(2,3)32(51)52/h10-12,14-15,24,30H,4-9,13H2,1-3H3,(H8-,35,36,37,38,39,40,43,44,45,46,47,49,50,51,52)/t15-,24+,30+/m0/s1. The first kappa shape index (κ1) is 39.0. The number of phenolic OH excluding ortho intramolecular Hbond substituents is 2. The number of fused-ring (bicyclic) bond motifs is 2. The van der Waals surface area contributed by atoms with Gasteiger partial charge in [-0.05, 0) is 26.8 Å². The SMILES string of the molecule is C[C@@H]1S[C@@H]2[C@H](NC(=O)C(=NOC(C)(C)C(=O)O)c3csc(N)n3)C(=O)N2C(C(=O)[O-])=C1C[N+]1(CCNC(=O)c2c[nH]c3cc(O)c(O)cc3c2=O)CCCC1. The molecular weight excluding hydrogens is 761 g/mol. The molecule has 3 aliphatic heterocycles. The molecule has 3 aliphatic rings. The lowest BCUT2D eigenvalue weighted by Gasteiger charge is -2.53. The van der Waals surface area contributed by atoms with Crippen LogP contribution in [-0.2, 0) is 24.0 Å². The molecule has 0 saturated carbocycles. The Morgan fingerprint density at radius 2 is 1.87 bits per heavy atom. The number of β-lactam (4-membered cyclic amide) rings is 1. The highest BCUT2D eigenvalue weighted by molar-refractivity contribution is 8.00. The molecule has 8 N–H and O–H groups in total. The second-order valence-electron chi connectivity index (χ2n) is 14.0. The van der Waals surface area contributed by atoms with Gasteiger partial charge >= 0.3 is 5.97 Å². The Labute approximate surface area is 320 Å². The molecule has 21 heteroatoms. The predicted molar refractivity (Wildman–Crippen MR) is 197 cm³/mol. The number of aromatic amines is 1. The summed E-state index contributed by atoms with van der Waals surface area (Å²) in [5, 5.41) is 51.1. The molecule has 6 rings (SSSR count). The van der Waals surface area contributed by atoms with E-state index in [0.717, 1.165) is 35.1 Å². The van der Waals surface area contributed by atoms with Crippen molar-refractivity contribution in [2.75, 3.05) is 38.5 Å². The largest absolute Gasteiger partial charge is 0.543 e. The molecule has 19 nitrogen and oxygen atoms in total. The minimum absolute atomic E-state index is 0.0178. The number of amides is 3. The maximum atomic E-state index is 13.6. The average Bonchev–Trinajstić information content (AvgIpc) is 3.77. The summed E-state index contributed by atoms with van der Waals surface area (Å²) in [6, 6.07) is 1.07. The molecule has 0 radical (unpaired) electrons. The lowest BCUT2D eigenvalue weighted by atomic mass is 9.99.